The van der Waals surface area contributed by atoms with Crippen molar-refractivity contribution in [3.05, 3.63) is 76.3 Å². The average Bonchev–Trinajstić information content (AvgIpc) is 3.14. The molecule has 0 bridgehead atoms. The number of carbonyl (C=O) groups excluding carboxylic acids is 1. The van der Waals surface area contributed by atoms with E-state index in [-0.39, 0.29) is 12.6 Å². The van der Waals surface area contributed by atoms with E-state index in [9.17, 15) is 14.7 Å². The quantitative estimate of drug-likeness (QED) is 0.351. The summed E-state index contributed by atoms with van der Waals surface area (Å²) >= 11 is 5.12. The van der Waals surface area contributed by atoms with Gasteiger partial charge in [0.2, 0.25) is 0 Å². The number of aromatic nitrogens is 3. The first-order valence-corrected chi connectivity index (χ1v) is 9.28. The molecule has 3 rings (SSSR count). The van der Waals surface area contributed by atoms with Gasteiger partial charge < -0.3 is 10.4 Å². The lowest BCUT2D eigenvalue weighted by Gasteiger charge is -2.27. The van der Waals surface area contributed by atoms with E-state index in [1.807, 2.05) is 19.1 Å². The summed E-state index contributed by atoms with van der Waals surface area (Å²) in [4.78, 5) is 24.2. The Morgan fingerprint density at radius 3 is 2.38 bits per heavy atom. The zero-order valence-electron chi connectivity index (χ0n) is 16.0. The Kier molecular flexibility index (Phi) is 5.90. The summed E-state index contributed by atoms with van der Waals surface area (Å²) in [6, 6.07) is 14.1. The third-order valence-corrected chi connectivity index (χ3v) is 5.00. The zero-order valence-corrected chi connectivity index (χ0v) is 16.8. The van der Waals surface area contributed by atoms with E-state index in [4.69, 9.17) is 12.2 Å². The minimum atomic E-state index is -1.33. The van der Waals surface area contributed by atoms with Crippen LogP contribution in [0.15, 0.2) is 54.9 Å². The first kappa shape index (κ1) is 20.4. The van der Waals surface area contributed by atoms with Gasteiger partial charge in [-0.15, -0.1) is 0 Å². The smallest absolute Gasteiger partial charge is 0.328 e. The summed E-state index contributed by atoms with van der Waals surface area (Å²) in [5.74, 6) is -1.35. The van der Waals surface area contributed by atoms with Gasteiger partial charge in [0, 0.05) is 11.3 Å². The molecule has 1 aromatic heterocycles. The number of nitrogens with zero attached hydrogens (tertiary/aromatic N) is 2. The molecule has 0 saturated carbocycles. The van der Waals surface area contributed by atoms with Gasteiger partial charge in [-0.2, -0.15) is 5.10 Å². The van der Waals surface area contributed by atoms with Gasteiger partial charge >= 0.3 is 5.97 Å². The second-order valence-corrected chi connectivity index (χ2v) is 7.12. The van der Waals surface area contributed by atoms with Crippen LogP contribution >= 0.6 is 12.2 Å². The summed E-state index contributed by atoms with van der Waals surface area (Å²) in [5, 5.41) is 21.8. The maximum absolute atomic E-state index is 12.4. The van der Waals surface area contributed by atoms with Crippen molar-refractivity contribution in [1.29, 1.82) is 0 Å². The van der Waals surface area contributed by atoms with Crippen molar-refractivity contribution < 1.29 is 14.7 Å². The summed E-state index contributed by atoms with van der Waals surface area (Å²) in [7, 11) is 0. The number of carboxylic acids is 1. The van der Waals surface area contributed by atoms with E-state index < -0.39 is 11.5 Å². The van der Waals surface area contributed by atoms with Crippen LogP contribution in [0.25, 0.3) is 5.69 Å². The Balaban J connectivity index is 1.65. The first-order chi connectivity index (χ1) is 13.8. The highest BCUT2D eigenvalue weighted by Gasteiger charge is 2.34. The van der Waals surface area contributed by atoms with Crippen molar-refractivity contribution in [2.75, 3.05) is 6.67 Å². The van der Waals surface area contributed by atoms with Gasteiger partial charge in [-0.05, 0) is 55.9 Å². The van der Waals surface area contributed by atoms with E-state index in [0.717, 1.165) is 11.3 Å². The molecule has 29 heavy (non-hydrogen) atoms. The molecule has 1 unspecified atom stereocenters. The van der Waals surface area contributed by atoms with Crippen LogP contribution in [-0.2, 0) is 10.3 Å². The molecule has 0 aliphatic rings. The Morgan fingerprint density at radius 1 is 1.17 bits per heavy atom. The number of carboxylic acid groups (broad SMARTS) is 1. The first-order valence-electron chi connectivity index (χ1n) is 8.87. The van der Waals surface area contributed by atoms with Crippen LogP contribution in [0.5, 0.6) is 0 Å². The summed E-state index contributed by atoms with van der Waals surface area (Å²) in [6.07, 6.45) is 1.55. The molecule has 0 saturated heterocycles. The Bertz CT molecular complexity index is 1070. The molecule has 0 spiro atoms. The third-order valence-electron chi connectivity index (χ3n) is 4.71. The van der Waals surface area contributed by atoms with E-state index in [2.05, 4.69) is 20.8 Å². The minimum absolute atomic E-state index is 0.00987. The van der Waals surface area contributed by atoms with Crippen LogP contribution in [0.2, 0.25) is 0 Å². The number of rotatable bonds is 7. The molecule has 0 radical (unpaired) electrons. The number of carbonyl (C=O) groups is 2. The van der Waals surface area contributed by atoms with Gasteiger partial charge in [-0.1, -0.05) is 29.8 Å². The van der Waals surface area contributed by atoms with Crippen LogP contribution in [0.4, 0.5) is 0 Å². The SMILES string of the molecule is Cc1ccc(C(C)(NCNC(=O)c2ccc(-n3cn[nH]c3=S)cc2)C(=O)O)cc1. The molecule has 3 aromatic rings. The summed E-state index contributed by atoms with van der Waals surface area (Å²) in [5.41, 5.74) is 1.53. The number of aryl methyl sites for hydroxylation is 1. The van der Waals surface area contributed by atoms with Crippen LogP contribution in [0.1, 0.15) is 28.4 Å². The van der Waals surface area contributed by atoms with Gasteiger partial charge in [-0.25, -0.2) is 4.79 Å². The number of hydrogen-bond donors (Lipinski definition) is 4. The van der Waals surface area contributed by atoms with Crippen molar-refractivity contribution in [1.82, 2.24) is 25.4 Å². The number of amides is 1. The maximum atomic E-state index is 12.4. The minimum Gasteiger partial charge on any atom is -0.480 e. The van der Waals surface area contributed by atoms with Crippen molar-refractivity contribution >= 4 is 24.1 Å². The molecule has 2 aromatic carbocycles. The number of aliphatic carboxylic acids is 1. The van der Waals surface area contributed by atoms with Gasteiger partial charge in [0.25, 0.3) is 5.91 Å². The van der Waals surface area contributed by atoms with Crippen molar-refractivity contribution in [3.63, 3.8) is 0 Å². The van der Waals surface area contributed by atoms with Gasteiger partial charge in [-0.3, -0.25) is 19.8 Å². The van der Waals surface area contributed by atoms with Crippen LogP contribution in [0, 0.1) is 11.7 Å². The molecule has 150 valence electrons. The van der Waals surface area contributed by atoms with E-state index >= 15 is 0 Å². The number of nitrogens with one attached hydrogen (secondary N) is 3. The van der Waals surface area contributed by atoms with E-state index in [0.29, 0.717) is 15.9 Å². The van der Waals surface area contributed by atoms with Crippen LogP contribution in [0.3, 0.4) is 0 Å². The van der Waals surface area contributed by atoms with Crippen LogP contribution < -0.4 is 10.6 Å². The fourth-order valence-corrected chi connectivity index (χ4v) is 3.00. The maximum Gasteiger partial charge on any atom is 0.328 e. The predicted octanol–water partition coefficient (Wildman–Crippen LogP) is 2.52. The van der Waals surface area contributed by atoms with Crippen molar-refractivity contribution in [2.45, 2.75) is 19.4 Å². The largest absolute Gasteiger partial charge is 0.480 e. The lowest BCUT2D eigenvalue weighted by Crippen LogP contribution is -2.50. The summed E-state index contributed by atoms with van der Waals surface area (Å²) in [6.45, 7) is 3.49. The van der Waals surface area contributed by atoms with E-state index in [1.54, 1.807) is 54.2 Å². The third kappa shape index (κ3) is 4.41. The number of benzene rings is 2. The highest BCUT2D eigenvalue weighted by molar-refractivity contribution is 7.71. The van der Waals surface area contributed by atoms with Crippen molar-refractivity contribution in [3.8, 4) is 5.69 Å². The topological polar surface area (TPSA) is 112 Å². The van der Waals surface area contributed by atoms with Gasteiger partial charge in [0.1, 0.15) is 11.9 Å². The zero-order chi connectivity index (χ0) is 21.0. The monoisotopic (exact) mass is 411 g/mol. The molecule has 8 nitrogen and oxygen atoms in total. The van der Waals surface area contributed by atoms with Gasteiger partial charge in [0.15, 0.2) is 4.77 Å². The average molecular weight is 411 g/mol. The van der Waals surface area contributed by atoms with Gasteiger partial charge in [0.05, 0.1) is 6.67 Å². The molecule has 1 atom stereocenters. The number of hydrogen-bond acceptors (Lipinski definition) is 5. The highest BCUT2D eigenvalue weighted by Crippen LogP contribution is 2.21. The molecule has 4 N–H and O–H groups in total. The lowest BCUT2D eigenvalue weighted by molar-refractivity contribution is -0.144. The molecule has 1 heterocycles. The van der Waals surface area contributed by atoms with Crippen LogP contribution in [-0.4, -0.2) is 38.4 Å². The molecule has 0 fully saturated rings. The Hall–Kier alpha value is -3.30. The Labute approximate surface area is 172 Å². The molecule has 9 heteroatoms. The second-order valence-electron chi connectivity index (χ2n) is 6.73. The predicted molar refractivity (Wildman–Crippen MR) is 110 cm³/mol. The summed E-state index contributed by atoms with van der Waals surface area (Å²) < 4.78 is 2.13. The fourth-order valence-electron chi connectivity index (χ4n) is 2.80. The second kappa shape index (κ2) is 8.38. The Morgan fingerprint density at radius 2 is 1.83 bits per heavy atom. The fraction of sp³-hybridized carbons (Fsp3) is 0.200. The normalized spacial score (nSPS) is 12.9. The molecular formula is C20H21N5O3S. The lowest BCUT2D eigenvalue weighted by atomic mass is 9.91. The standard InChI is InChI=1S/C20H21N5O3S/c1-13-3-7-15(8-4-13)20(2,18(27)28)22-11-21-17(26)14-5-9-16(10-6-14)25-12-23-24-19(25)29/h3-10,12,22H,11H2,1-2H3,(H,21,26)(H,24,29)(H,27,28). The molecule has 1 amide bonds. The highest BCUT2D eigenvalue weighted by atomic mass is 32.1. The molecular weight excluding hydrogens is 390 g/mol. The number of aromatic amines is 1. The molecule has 0 aliphatic carbocycles. The molecule has 0 aliphatic heterocycles. The van der Waals surface area contributed by atoms with Crippen molar-refractivity contribution in [2.24, 2.45) is 0 Å². The van der Waals surface area contributed by atoms with E-state index in [1.165, 1.54) is 0 Å². The number of H-pyrrole nitrogens is 1.